The minimum absolute atomic E-state index is 0.0979. The molecule has 1 N–H and O–H groups in total. The third-order valence-corrected chi connectivity index (χ3v) is 4.77. The number of benzene rings is 3. The average Bonchev–Trinajstić information content (AvgIpc) is 2.62. The van der Waals surface area contributed by atoms with Crippen molar-refractivity contribution >= 4 is 32.4 Å². The molecule has 0 saturated carbocycles. The molecule has 0 aliphatic carbocycles. The molecule has 3 aromatic carbocycles. The van der Waals surface area contributed by atoms with E-state index in [0.29, 0.717) is 13.2 Å². The molecule has 26 heavy (non-hydrogen) atoms. The maximum Gasteiger partial charge on any atom is 0.162 e. The third kappa shape index (κ3) is 4.31. The Morgan fingerprint density at radius 3 is 2.54 bits per heavy atom. The van der Waals surface area contributed by atoms with E-state index in [0.717, 1.165) is 27.2 Å². The lowest BCUT2D eigenvalue weighted by molar-refractivity contribution is 0.223. The zero-order valence-corrected chi connectivity index (χ0v) is 17.0. The van der Waals surface area contributed by atoms with Gasteiger partial charge < -0.3 is 14.8 Å². The van der Waals surface area contributed by atoms with Crippen LogP contribution in [0.4, 0.5) is 5.69 Å². The highest BCUT2D eigenvalue weighted by Gasteiger charge is 2.12. The first-order valence-electron chi connectivity index (χ1n) is 8.92. The number of nitrogens with one attached hydrogen (secondary N) is 1. The summed E-state index contributed by atoms with van der Waals surface area (Å²) < 4.78 is 12.7. The van der Waals surface area contributed by atoms with Gasteiger partial charge in [0.15, 0.2) is 11.5 Å². The van der Waals surface area contributed by atoms with Gasteiger partial charge in [-0.05, 0) is 49.9 Å². The molecule has 3 aromatic rings. The second-order valence-corrected chi connectivity index (χ2v) is 7.22. The second kappa shape index (κ2) is 8.45. The van der Waals surface area contributed by atoms with Crippen LogP contribution >= 0.6 is 15.9 Å². The summed E-state index contributed by atoms with van der Waals surface area (Å²) >= 11 is 3.67. The third-order valence-electron chi connectivity index (χ3n) is 4.03. The first-order valence-corrected chi connectivity index (χ1v) is 9.71. The monoisotopic (exact) mass is 413 g/mol. The van der Waals surface area contributed by atoms with E-state index in [1.807, 2.05) is 32.9 Å². The fourth-order valence-corrected chi connectivity index (χ4v) is 3.36. The Balaban J connectivity index is 1.86. The van der Waals surface area contributed by atoms with Gasteiger partial charge in [-0.25, -0.2) is 0 Å². The number of anilines is 1. The Labute approximate surface area is 163 Å². The quantitative estimate of drug-likeness (QED) is 0.485. The van der Waals surface area contributed by atoms with Crippen LogP contribution in [0.5, 0.6) is 11.5 Å². The summed E-state index contributed by atoms with van der Waals surface area (Å²) in [7, 11) is 0. The van der Waals surface area contributed by atoms with E-state index in [1.165, 1.54) is 10.8 Å². The van der Waals surface area contributed by atoms with Crippen molar-refractivity contribution in [3.05, 3.63) is 64.6 Å². The molecule has 0 amide bonds. The summed E-state index contributed by atoms with van der Waals surface area (Å²) in [5.74, 6) is 1.54. The molecule has 0 saturated heterocycles. The van der Waals surface area contributed by atoms with Gasteiger partial charge in [0.1, 0.15) is 0 Å². The van der Waals surface area contributed by atoms with E-state index in [9.17, 15) is 0 Å². The van der Waals surface area contributed by atoms with Crippen LogP contribution in [0.2, 0.25) is 0 Å². The fourth-order valence-electron chi connectivity index (χ4n) is 2.90. The standard InChI is InChI=1S/C22H24BrNO2/c1-4-25-21-12-17(19(23)13-22(21)26-15(2)3)14-24-20-11-7-9-16-8-5-6-10-18(16)20/h5-13,15,24H,4,14H2,1-3H3. The molecular weight excluding hydrogens is 390 g/mol. The minimum Gasteiger partial charge on any atom is -0.490 e. The van der Waals surface area contributed by atoms with E-state index in [-0.39, 0.29) is 6.10 Å². The van der Waals surface area contributed by atoms with Crippen molar-refractivity contribution in [2.24, 2.45) is 0 Å². The number of halogens is 1. The average molecular weight is 414 g/mol. The van der Waals surface area contributed by atoms with E-state index in [2.05, 4.69) is 63.7 Å². The zero-order valence-electron chi connectivity index (χ0n) is 15.4. The van der Waals surface area contributed by atoms with Gasteiger partial charge in [0.05, 0.1) is 12.7 Å². The lowest BCUT2D eigenvalue weighted by Crippen LogP contribution is -2.09. The highest BCUT2D eigenvalue weighted by molar-refractivity contribution is 9.10. The summed E-state index contributed by atoms with van der Waals surface area (Å²) in [4.78, 5) is 0. The van der Waals surface area contributed by atoms with Gasteiger partial charge in [0.25, 0.3) is 0 Å². The van der Waals surface area contributed by atoms with Crippen LogP contribution < -0.4 is 14.8 Å². The van der Waals surface area contributed by atoms with Gasteiger partial charge in [0, 0.05) is 22.1 Å². The molecule has 0 bridgehead atoms. The molecular formula is C22H24BrNO2. The number of rotatable bonds is 7. The molecule has 0 heterocycles. The Hall–Kier alpha value is -2.20. The number of ether oxygens (including phenoxy) is 2. The molecule has 0 aromatic heterocycles. The van der Waals surface area contributed by atoms with E-state index in [1.54, 1.807) is 0 Å². The summed E-state index contributed by atoms with van der Waals surface area (Å²) in [5, 5.41) is 6.00. The van der Waals surface area contributed by atoms with E-state index >= 15 is 0 Å². The molecule has 0 radical (unpaired) electrons. The van der Waals surface area contributed by atoms with Crippen molar-refractivity contribution in [3.63, 3.8) is 0 Å². The number of fused-ring (bicyclic) bond motifs is 1. The van der Waals surface area contributed by atoms with Gasteiger partial charge in [-0.2, -0.15) is 0 Å². The molecule has 0 unspecified atom stereocenters. The summed E-state index contributed by atoms with van der Waals surface area (Å²) in [5.41, 5.74) is 2.24. The molecule has 136 valence electrons. The topological polar surface area (TPSA) is 30.5 Å². The fraction of sp³-hybridized carbons (Fsp3) is 0.273. The van der Waals surface area contributed by atoms with Crippen molar-refractivity contribution in [2.75, 3.05) is 11.9 Å². The zero-order chi connectivity index (χ0) is 18.5. The van der Waals surface area contributed by atoms with E-state index in [4.69, 9.17) is 9.47 Å². The van der Waals surface area contributed by atoms with Crippen LogP contribution in [0, 0.1) is 0 Å². The lowest BCUT2D eigenvalue weighted by atomic mass is 10.1. The molecule has 0 fully saturated rings. The smallest absolute Gasteiger partial charge is 0.162 e. The van der Waals surface area contributed by atoms with Crippen molar-refractivity contribution in [1.29, 1.82) is 0 Å². The van der Waals surface area contributed by atoms with E-state index < -0.39 is 0 Å². The maximum absolute atomic E-state index is 5.88. The van der Waals surface area contributed by atoms with Crippen molar-refractivity contribution < 1.29 is 9.47 Å². The van der Waals surface area contributed by atoms with Crippen LogP contribution in [-0.4, -0.2) is 12.7 Å². The molecule has 3 rings (SSSR count). The summed E-state index contributed by atoms with van der Waals surface area (Å²) in [6.07, 6.45) is 0.0979. The molecule has 0 aliphatic rings. The Bertz CT molecular complexity index is 887. The van der Waals surface area contributed by atoms with Crippen LogP contribution in [0.25, 0.3) is 10.8 Å². The highest BCUT2D eigenvalue weighted by atomic mass is 79.9. The predicted molar refractivity (Wildman–Crippen MR) is 112 cm³/mol. The van der Waals surface area contributed by atoms with Gasteiger partial charge >= 0.3 is 0 Å². The SMILES string of the molecule is CCOc1cc(CNc2cccc3ccccc23)c(Br)cc1OC(C)C. The number of hydrogen-bond donors (Lipinski definition) is 1. The minimum atomic E-state index is 0.0979. The molecule has 0 spiro atoms. The Morgan fingerprint density at radius 1 is 1.00 bits per heavy atom. The highest BCUT2D eigenvalue weighted by Crippen LogP contribution is 2.35. The Morgan fingerprint density at radius 2 is 1.77 bits per heavy atom. The molecule has 0 atom stereocenters. The second-order valence-electron chi connectivity index (χ2n) is 6.37. The van der Waals surface area contributed by atoms with Gasteiger partial charge in [0.2, 0.25) is 0 Å². The van der Waals surface area contributed by atoms with Gasteiger partial charge in [-0.15, -0.1) is 0 Å². The van der Waals surface area contributed by atoms with Gasteiger partial charge in [-0.1, -0.05) is 52.3 Å². The normalized spacial score (nSPS) is 11.0. The van der Waals surface area contributed by atoms with Crippen LogP contribution in [0.1, 0.15) is 26.3 Å². The van der Waals surface area contributed by atoms with Crippen LogP contribution in [0.3, 0.4) is 0 Å². The molecule has 0 aliphatic heterocycles. The largest absolute Gasteiger partial charge is 0.490 e. The Kier molecular flexibility index (Phi) is 6.04. The van der Waals surface area contributed by atoms with Crippen LogP contribution in [-0.2, 0) is 6.54 Å². The first kappa shape index (κ1) is 18.6. The maximum atomic E-state index is 5.88. The van der Waals surface area contributed by atoms with Crippen molar-refractivity contribution in [1.82, 2.24) is 0 Å². The van der Waals surface area contributed by atoms with Crippen LogP contribution in [0.15, 0.2) is 59.1 Å². The summed E-state index contributed by atoms with van der Waals surface area (Å²) in [6.45, 7) is 7.30. The first-order chi connectivity index (χ1) is 12.6. The summed E-state index contributed by atoms with van der Waals surface area (Å²) in [6, 6.07) is 18.7. The molecule has 3 nitrogen and oxygen atoms in total. The predicted octanol–water partition coefficient (Wildman–Crippen LogP) is 6.40. The lowest BCUT2D eigenvalue weighted by Gasteiger charge is -2.17. The molecule has 4 heteroatoms. The van der Waals surface area contributed by atoms with Crippen molar-refractivity contribution in [3.8, 4) is 11.5 Å². The van der Waals surface area contributed by atoms with Crippen molar-refractivity contribution in [2.45, 2.75) is 33.4 Å². The van der Waals surface area contributed by atoms with Gasteiger partial charge in [-0.3, -0.25) is 0 Å². The number of hydrogen-bond acceptors (Lipinski definition) is 3.